The molecule has 0 aliphatic rings. The van der Waals surface area contributed by atoms with Crippen LogP contribution in [0.3, 0.4) is 0 Å². The number of para-hydroxylation sites is 1. The van der Waals surface area contributed by atoms with Crippen LogP contribution in [-0.4, -0.2) is 4.57 Å². The number of aryl methyl sites for hydroxylation is 2. The van der Waals surface area contributed by atoms with Crippen molar-refractivity contribution >= 4 is 32.6 Å². The summed E-state index contributed by atoms with van der Waals surface area (Å²) in [5.41, 5.74) is 3.97. The van der Waals surface area contributed by atoms with Gasteiger partial charge in [-0.2, -0.15) is 0 Å². The monoisotopic (exact) mass is 245 g/mol. The van der Waals surface area contributed by atoms with Crippen molar-refractivity contribution in [2.24, 2.45) is 7.05 Å². The van der Waals surface area contributed by atoms with Gasteiger partial charge in [0.25, 0.3) is 0 Å². The summed E-state index contributed by atoms with van der Waals surface area (Å²) in [6.07, 6.45) is 0. The summed E-state index contributed by atoms with van der Waals surface area (Å²) in [7, 11) is 2.16. The second kappa shape index (κ2) is 3.61. The van der Waals surface area contributed by atoms with Crippen LogP contribution in [0.25, 0.3) is 32.6 Å². The molecule has 0 unspecified atom stereocenters. The van der Waals surface area contributed by atoms with Crippen molar-refractivity contribution in [3.63, 3.8) is 0 Å². The zero-order valence-electron chi connectivity index (χ0n) is 11.1. The van der Waals surface area contributed by atoms with Gasteiger partial charge < -0.3 is 4.57 Å². The Bertz CT molecular complexity index is 929. The molecule has 0 radical (unpaired) electrons. The molecule has 1 nitrogen and oxygen atoms in total. The zero-order chi connectivity index (χ0) is 13.0. The summed E-state index contributed by atoms with van der Waals surface area (Å²) >= 11 is 0. The minimum atomic E-state index is 1.30. The van der Waals surface area contributed by atoms with Crippen LogP contribution in [0.15, 0.2) is 54.6 Å². The van der Waals surface area contributed by atoms with Gasteiger partial charge in [-0.15, -0.1) is 0 Å². The van der Waals surface area contributed by atoms with Gasteiger partial charge in [0.1, 0.15) is 0 Å². The zero-order valence-corrected chi connectivity index (χ0v) is 11.1. The van der Waals surface area contributed by atoms with Crippen LogP contribution in [0.5, 0.6) is 0 Å². The van der Waals surface area contributed by atoms with Gasteiger partial charge in [-0.05, 0) is 23.9 Å². The van der Waals surface area contributed by atoms with Crippen LogP contribution in [0.2, 0.25) is 0 Å². The normalized spacial score (nSPS) is 11.7. The van der Waals surface area contributed by atoms with Crippen LogP contribution >= 0.6 is 0 Å². The quantitative estimate of drug-likeness (QED) is 0.419. The van der Waals surface area contributed by atoms with Gasteiger partial charge in [-0.1, -0.05) is 48.5 Å². The molecule has 19 heavy (non-hydrogen) atoms. The Kier molecular flexibility index (Phi) is 2.02. The Morgan fingerprint density at radius 3 is 2.26 bits per heavy atom. The van der Waals surface area contributed by atoms with Crippen molar-refractivity contribution < 1.29 is 0 Å². The maximum Gasteiger partial charge on any atom is 0.0568 e. The lowest BCUT2D eigenvalue weighted by atomic mass is 10.0. The van der Waals surface area contributed by atoms with E-state index >= 15 is 0 Å². The summed E-state index contributed by atoms with van der Waals surface area (Å²) in [4.78, 5) is 0. The first-order chi connectivity index (χ1) is 9.27. The SMILES string of the molecule is Cc1cccc2c1ccc1c3ccccc3n(C)c21. The fraction of sp³-hybridized carbons (Fsp3) is 0.111. The molecule has 4 rings (SSSR count). The van der Waals surface area contributed by atoms with Gasteiger partial charge in [0, 0.05) is 28.7 Å². The van der Waals surface area contributed by atoms with Gasteiger partial charge >= 0.3 is 0 Å². The molecule has 1 aromatic heterocycles. The highest BCUT2D eigenvalue weighted by Crippen LogP contribution is 2.34. The van der Waals surface area contributed by atoms with E-state index in [1.54, 1.807) is 0 Å². The highest BCUT2D eigenvalue weighted by molar-refractivity contribution is 6.17. The predicted molar refractivity (Wildman–Crippen MR) is 82.7 cm³/mol. The van der Waals surface area contributed by atoms with Crippen LogP contribution in [0.1, 0.15) is 5.56 Å². The van der Waals surface area contributed by atoms with E-state index in [9.17, 15) is 0 Å². The van der Waals surface area contributed by atoms with Gasteiger partial charge in [0.05, 0.1) is 5.52 Å². The third-order valence-corrected chi connectivity index (χ3v) is 4.14. The molecule has 0 saturated carbocycles. The third kappa shape index (κ3) is 1.30. The van der Waals surface area contributed by atoms with Crippen LogP contribution < -0.4 is 0 Å². The maximum atomic E-state index is 2.31. The molecule has 0 N–H and O–H groups in total. The Balaban J connectivity index is 2.38. The molecule has 0 aliphatic heterocycles. The number of hydrogen-bond donors (Lipinski definition) is 0. The molecule has 0 atom stereocenters. The van der Waals surface area contributed by atoms with Crippen LogP contribution in [-0.2, 0) is 7.05 Å². The molecule has 0 fully saturated rings. The van der Waals surface area contributed by atoms with E-state index in [2.05, 4.69) is 73.1 Å². The number of rotatable bonds is 0. The molecule has 3 aromatic carbocycles. The topological polar surface area (TPSA) is 4.93 Å². The Morgan fingerprint density at radius 2 is 1.37 bits per heavy atom. The van der Waals surface area contributed by atoms with E-state index in [-0.39, 0.29) is 0 Å². The highest BCUT2D eigenvalue weighted by Gasteiger charge is 2.10. The molecule has 0 amide bonds. The van der Waals surface area contributed by atoms with Crippen molar-refractivity contribution in [1.29, 1.82) is 0 Å². The van der Waals surface area contributed by atoms with E-state index in [0.717, 1.165) is 0 Å². The minimum Gasteiger partial charge on any atom is -0.343 e. The summed E-state index contributed by atoms with van der Waals surface area (Å²) in [5, 5.41) is 5.37. The summed E-state index contributed by atoms with van der Waals surface area (Å²) < 4.78 is 2.31. The lowest BCUT2D eigenvalue weighted by Gasteiger charge is -2.05. The van der Waals surface area contributed by atoms with Crippen molar-refractivity contribution in [3.8, 4) is 0 Å². The number of hydrogen-bond acceptors (Lipinski definition) is 0. The van der Waals surface area contributed by atoms with Crippen molar-refractivity contribution in [2.45, 2.75) is 6.92 Å². The maximum absolute atomic E-state index is 2.31. The smallest absolute Gasteiger partial charge is 0.0568 e. The van der Waals surface area contributed by atoms with E-state index in [1.165, 1.54) is 38.1 Å². The first-order valence-corrected chi connectivity index (χ1v) is 6.63. The van der Waals surface area contributed by atoms with Crippen molar-refractivity contribution in [3.05, 3.63) is 60.2 Å². The fourth-order valence-electron chi connectivity index (χ4n) is 3.19. The molecular weight excluding hydrogens is 230 g/mol. The highest BCUT2D eigenvalue weighted by atomic mass is 14.9. The summed E-state index contributed by atoms with van der Waals surface area (Å²) in [5.74, 6) is 0. The number of aromatic nitrogens is 1. The van der Waals surface area contributed by atoms with Gasteiger partial charge in [0.15, 0.2) is 0 Å². The van der Waals surface area contributed by atoms with E-state index < -0.39 is 0 Å². The van der Waals surface area contributed by atoms with E-state index in [0.29, 0.717) is 0 Å². The molecule has 0 bridgehead atoms. The Hall–Kier alpha value is -2.28. The second-order valence-corrected chi connectivity index (χ2v) is 5.21. The van der Waals surface area contributed by atoms with Crippen LogP contribution in [0, 0.1) is 6.92 Å². The average Bonchev–Trinajstić information content (AvgIpc) is 2.74. The molecule has 0 spiro atoms. The Labute approximate surface area is 112 Å². The largest absolute Gasteiger partial charge is 0.343 e. The molecule has 1 heteroatoms. The predicted octanol–water partition coefficient (Wildman–Crippen LogP) is 4.79. The second-order valence-electron chi connectivity index (χ2n) is 5.21. The number of fused-ring (bicyclic) bond motifs is 5. The van der Waals surface area contributed by atoms with Crippen molar-refractivity contribution in [1.82, 2.24) is 4.57 Å². The molecule has 4 aromatic rings. The molecule has 0 saturated heterocycles. The number of benzene rings is 3. The summed E-state index contributed by atoms with van der Waals surface area (Å²) in [6, 6.07) is 19.7. The first-order valence-electron chi connectivity index (χ1n) is 6.63. The fourth-order valence-corrected chi connectivity index (χ4v) is 3.19. The molecule has 0 aliphatic carbocycles. The van der Waals surface area contributed by atoms with E-state index in [4.69, 9.17) is 0 Å². The lowest BCUT2D eigenvalue weighted by Crippen LogP contribution is -1.88. The average molecular weight is 245 g/mol. The van der Waals surface area contributed by atoms with Crippen LogP contribution in [0.4, 0.5) is 0 Å². The molecule has 1 heterocycles. The standard InChI is InChI=1S/C18H15N/c1-12-6-5-8-15-13(12)10-11-16-14-7-3-4-9-17(14)19(2)18(15)16/h3-11H,1-2H3. The van der Waals surface area contributed by atoms with Gasteiger partial charge in [0.2, 0.25) is 0 Å². The molecular formula is C18H15N. The van der Waals surface area contributed by atoms with E-state index in [1.807, 2.05) is 0 Å². The van der Waals surface area contributed by atoms with Gasteiger partial charge in [-0.3, -0.25) is 0 Å². The van der Waals surface area contributed by atoms with Gasteiger partial charge in [-0.25, -0.2) is 0 Å². The van der Waals surface area contributed by atoms with Crippen molar-refractivity contribution in [2.75, 3.05) is 0 Å². The summed E-state index contributed by atoms with van der Waals surface area (Å²) in [6.45, 7) is 2.18. The molecule has 92 valence electrons. The third-order valence-electron chi connectivity index (χ3n) is 4.14. The Morgan fingerprint density at radius 1 is 0.684 bits per heavy atom. The lowest BCUT2D eigenvalue weighted by molar-refractivity contribution is 1.02. The number of nitrogens with zero attached hydrogens (tertiary/aromatic N) is 1. The first kappa shape index (κ1) is 10.6. The minimum absolute atomic E-state index is 1.30.